The fourth-order valence-corrected chi connectivity index (χ4v) is 1.35. The Bertz CT molecular complexity index is 596. The summed E-state index contributed by atoms with van der Waals surface area (Å²) in [5.74, 6) is -3.56. The van der Waals surface area contributed by atoms with Crippen LogP contribution in [0.25, 0.3) is 11.1 Å². The zero-order valence-electron chi connectivity index (χ0n) is 7.68. The number of rotatable bonds is 2. The van der Waals surface area contributed by atoms with Crippen molar-refractivity contribution in [1.82, 2.24) is 4.98 Å². The van der Waals surface area contributed by atoms with Gasteiger partial charge in [-0.3, -0.25) is 4.98 Å². The minimum atomic E-state index is -1.40. The smallest absolute Gasteiger partial charge is 0.417 e. The third-order valence-corrected chi connectivity index (χ3v) is 2.02. The number of oxazole rings is 1. The molecule has 1 aromatic carbocycles. The molecule has 0 bridgehead atoms. The van der Waals surface area contributed by atoms with Gasteiger partial charge in [0.05, 0.1) is 16.6 Å². The molecule has 2 aromatic rings. The second-order valence-electron chi connectivity index (χ2n) is 3.02. The molecule has 0 aliphatic rings. The monoisotopic (exact) mass is 223 g/mol. The molecular weight excluding hydrogens is 218 g/mol. The van der Waals surface area contributed by atoms with Crippen LogP contribution in [0, 0.1) is 0 Å². The Morgan fingerprint density at radius 1 is 1.12 bits per heavy atom. The molecule has 7 heteroatoms. The zero-order chi connectivity index (χ0) is 11.9. The van der Waals surface area contributed by atoms with Crippen LogP contribution in [0.15, 0.2) is 21.3 Å². The third kappa shape index (κ3) is 1.44. The average Bonchev–Trinajstić information content (AvgIpc) is 2.54. The molecule has 0 unspecified atom stereocenters. The average molecular weight is 223 g/mol. The van der Waals surface area contributed by atoms with E-state index in [-0.39, 0.29) is 11.1 Å². The van der Waals surface area contributed by atoms with Crippen molar-refractivity contribution in [1.29, 1.82) is 0 Å². The SMILES string of the molecule is O=C(O)c1cc2[nH]c(=O)oc2cc1C(=O)O. The molecule has 2 rings (SSSR count). The highest BCUT2D eigenvalue weighted by Crippen LogP contribution is 2.18. The zero-order valence-corrected chi connectivity index (χ0v) is 7.68. The predicted octanol–water partition coefficient (Wildman–Crippen LogP) is 0.517. The number of carbonyl (C=O) groups is 2. The molecule has 0 aliphatic heterocycles. The summed E-state index contributed by atoms with van der Waals surface area (Å²) in [5, 5.41) is 17.6. The van der Waals surface area contributed by atoms with E-state index in [1.165, 1.54) is 0 Å². The maximum atomic E-state index is 10.8. The van der Waals surface area contributed by atoms with E-state index < -0.39 is 28.8 Å². The number of fused-ring (bicyclic) bond motifs is 1. The van der Waals surface area contributed by atoms with Gasteiger partial charge in [0.25, 0.3) is 0 Å². The highest BCUT2D eigenvalue weighted by Gasteiger charge is 2.18. The molecule has 0 spiro atoms. The Balaban J connectivity index is 2.85. The molecule has 82 valence electrons. The first-order valence-electron chi connectivity index (χ1n) is 4.12. The number of H-pyrrole nitrogens is 1. The molecule has 0 aliphatic carbocycles. The van der Waals surface area contributed by atoms with Crippen molar-refractivity contribution in [3.8, 4) is 0 Å². The Kier molecular flexibility index (Phi) is 2.01. The number of carboxylic acid groups (broad SMARTS) is 2. The van der Waals surface area contributed by atoms with Crippen molar-refractivity contribution in [3.05, 3.63) is 33.8 Å². The fraction of sp³-hybridized carbons (Fsp3) is 0. The van der Waals surface area contributed by atoms with Gasteiger partial charge in [0.2, 0.25) is 0 Å². The van der Waals surface area contributed by atoms with Crippen molar-refractivity contribution in [3.63, 3.8) is 0 Å². The molecule has 7 nitrogen and oxygen atoms in total. The molecular formula is C9H5NO6. The Labute approximate surface area is 86.9 Å². The predicted molar refractivity (Wildman–Crippen MR) is 50.8 cm³/mol. The van der Waals surface area contributed by atoms with E-state index in [1.54, 1.807) is 0 Å². The summed E-state index contributed by atoms with van der Waals surface area (Å²) in [6.45, 7) is 0. The molecule has 0 amide bonds. The summed E-state index contributed by atoms with van der Waals surface area (Å²) in [5.41, 5.74) is -0.681. The first-order chi connectivity index (χ1) is 7.49. The normalized spacial score (nSPS) is 10.5. The molecule has 0 saturated carbocycles. The van der Waals surface area contributed by atoms with E-state index >= 15 is 0 Å². The molecule has 3 N–H and O–H groups in total. The maximum absolute atomic E-state index is 10.8. The lowest BCUT2D eigenvalue weighted by Crippen LogP contribution is -2.07. The summed E-state index contributed by atoms with van der Waals surface area (Å²) in [6.07, 6.45) is 0. The van der Waals surface area contributed by atoms with Gasteiger partial charge in [0.15, 0.2) is 5.58 Å². The molecule has 0 fully saturated rings. The number of benzene rings is 1. The number of carboxylic acids is 2. The second-order valence-corrected chi connectivity index (χ2v) is 3.02. The van der Waals surface area contributed by atoms with Gasteiger partial charge < -0.3 is 14.6 Å². The summed E-state index contributed by atoms with van der Waals surface area (Å²) >= 11 is 0. The van der Waals surface area contributed by atoms with Crippen LogP contribution in [-0.2, 0) is 0 Å². The van der Waals surface area contributed by atoms with Gasteiger partial charge in [-0.1, -0.05) is 0 Å². The van der Waals surface area contributed by atoms with Crippen LogP contribution >= 0.6 is 0 Å². The minimum absolute atomic E-state index is 0.00685. The van der Waals surface area contributed by atoms with Gasteiger partial charge >= 0.3 is 17.7 Å². The van der Waals surface area contributed by atoms with Gasteiger partial charge in [0, 0.05) is 0 Å². The Morgan fingerprint density at radius 2 is 1.69 bits per heavy atom. The molecule has 1 aromatic heterocycles. The number of aromatic amines is 1. The summed E-state index contributed by atoms with van der Waals surface area (Å²) < 4.78 is 4.63. The largest absolute Gasteiger partial charge is 0.478 e. The number of aromatic nitrogens is 1. The van der Waals surface area contributed by atoms with Gasteiger partial charge in [-0.05, 0) is 12.1 Å². The lowest BCUT2D eigenvalue weighted by molar-refractivity contribution is 0.0652. The first-order valence-corrected chi connectivity index (χ1v) is 4.12. The number of hydrogen-bond donors (Lipinski definition) is 3. The minimum Gasteiger partial charge on any atom is -0.478 e. The van der Waals surface area contributed by atoms with Crippen molar-refractivity contribution in [2.24, 2.45) is 0 Å². The number of hydrogen-bond acceptors (Lipinski definition) is 4. The number of nitrogens with one attached hydrogen (secondary N) is 1. The summed E-state index contributed by atoms with van der Waals surface area (Å²) in [6, 6.07) is 2.05. The number of aromatic carboxylic acids is 2. The van der Waals surface area contributed by atoms with Crippen LogP contribution < -0.4 is 5.76 Å². The molecule has 0 radical (unpaired) electrons. The van der Waals surface area contributed by atoms with Crippen molar-refractivity contribution < 1.29 is 24.2 Å². The van der Waals surface area contributed by atoms with Gasteiger partial charge in [-0.25, -0.2) is 14.4 Å². The van der Waals surface area contributed by atoms with Crippen molar-refractivity contribution >= 4 is 23.0 Å². The van der Waals surface area contributed by atoms with Gasteiger partial charge in [0.1, 0.15) is 0 Å². The highest BCUT2D eigenvalue weighted by atomic mass is 16.4. The van der Waals surface area contributed by atoms with Gasteiger partial charge in [-0.15, -0.1) is 0 Å². The standard InChI is InChI=1S/C9H5NO6/c11-7(12)3-1-5-6(16-9(15)10-5)2-4(3)8(13)14/h1-2H,(H,10,15)(H,11,12)(H,13,14). The van der Waals surface area contributed by atoms with Gasteiger partial charge in [-0.2, -0.15) is 0 Å². The van der Waals surface area contributed by atoms with Crippen molar-refractivity contribution in [2.75, 3.05) is 0 Å². The van der Waals surface area contributed by atoms with Crippen molar-refractivity contribution in [2.45, 2.75) is 0 Å². The third-order valence-electron chi connectivity index (χ3n) is 2.02. The quantitative estimate of drug-likeness (QED) is 0.682. The molecule has 16 heavy (non-hydrogen) atoms. The molecule has 1 heterocycles. The van der Waals surface area contributed by atoms with Crippen LogP contribution in [0.4, 0.5) is 0 Å². The van der Waals surface area contributed by atoms with Crippen LogP contribution in [0.5, 0.6) is 0 Å². The van der Waals surface area contributed by atoms with E-state index in [0.29, 0.717) is 0 Å². The van der Waals surface area contributed by atoms with E-state index in [2.05, 4.69) is 9.40 Å². The van der Waals surface area contributed by atoms with Crippen LogP contribution in [-0.4, -0.2) is 27.1 Å². The maximum Gasteiger partial charge on any atom is 0.417 e. The summed E-state index contributed by atoms with van der Waals surface area (Å²) in [7, 11) is 0. The summed E-state index contributed by atoms with van der Waals surface area (Å²) in [4.78, 5) is 34.6. The Hall–Kier alpha value is -2.57. The highest BCUT2D eigenvalue weighted by molar-refractivity contribution is 6.04. The van der Waals surface area contributed by atoms with Crippen LogP contribution in [0.1, 0.15) is 20.7 Å². The van der Waals surface area contributed by atoms with E-state index in [1.807, 2.05) is 0 Å². The Morgan fingerprint density at radius 3 is 2.25 bits per heavy atom. The second kappa shape index (κ2) is 3.23. The van der Waals surface area contributed by atoms with Crippen LogP contribution in [0.3, 0.4) is 0 Å². The topological polar surface area (TPSA) is 121 Å². The van der Waals surface area contributed by atoms with E-state index in [0.717, 1.165) is 12.1 Å². The fourth-order valence-electron chi connectivity index (χ4n) is 1.35. The van der Waals surface area contributed by atoms with E-state index in [4.69, 9.17) is 10.2 Å². The van der Waals surface area contributed by atoms with E-state index in [9.17, 15) is 14.4 Å². The lowest BCUT2D eigenvalue weighted by Gasteiger charge is -1.99. The lowest BCUT2D eigenvalue weighted by atomic mass is 10.1. The van der Waals surface area contributed by atoms with Crippen LogP contribution in [0.2, 0.25) is 0 Å². The molecule has 0 saturated heterocycles. The first kappa shape index (κ1) is 9.97. The molecule has 0 atom stereocenters.